The molecule has 34 heavy (non-hydrogen) atoms. The topological polar surface area (TPSA) is 93.8 Å². The van der Waals surface area contributed by atoms with E-state index in [1.807, 2.05) is 30.3 Å². The summed E-state index contributed by atoms with van der Waals surface area (Å²) in [5.74, 6) is -1.81. The number of benzene rings is 2. The normalized spacial score (nSPS) is 15.6. The quantitative estimate of drug-likeness (QED) is 0.577. The lowest BCUT2D eigenvalue weighted by molar-refractivity contribution is 0.0431. The van der Waals surface area contributed by atoms with Gasteiger partial charge in [-0.1, -0.05) is 42.5 Å². The first-order valence-electron chi connectivity index (χ1n) is 11.0. The fraction of sp³-hybridized carbons (Fsp3) is 0.320. The van der Waals surface area contributed by atoms with Crippen molar-refractivity contribution in [3.05, 3.63) is 98.1 Å². The Labute approximate surface area is 195 Å². The van der Waals surface area contributed by atoms with Crippen molar-refractivity contribution < 1.29 is 19.0 Å². The fourth-order valence-corrected chi connectivity index (χ4v) is 4.16. The molecule has 1 unspecified atom stereocenters. The van der Waals surface area contributed by atoms with Crippen LogP contribution in [0.5, 0.6) is 5.75 Å². The molecule has 2 aromatic carbocycles. The van der Waals surface area contributed by atoms with E-state index in [1.54, 1.807) is 26.0 Å². The highest BCUT2D eigenvalue weighted by Crippen LogP contribution is 2.26. The third kappa shape index (κ3) is 4.51. The third-order valence-corrected chi connectivity index (χ3v) is 5.81. The maximum absolute atomic E-state index is 13.3. The van der Waals surface area contributed by atoms with Gasteiger partial charge in [0.25, 0.3) is 11.5 Å². The molecule has 0 bridgehead atoms. The number of aromatic nitrogens is 2. The van der Waals surface area contributed by atoms with Crippen LogP contribution in [-0.2, 0) is 17.9 Å². The molecule has 1 atom stereocenters. The SMILES string of the molecule is CC(C)n1c(=O)c(O)c2n(c1=O)C(COCc1ccccc1)CN(Cc1ccc(F)cc1)C2=O. The van der Waals surface area contributed by atoms with E-state index in [1.165, 1.54) is 21.6 Å². The molecule has 9 heteroatoms. The summed E-state index contributed by atoms with van der Waals surface area (Å²) in [6.45, 7) is 3.92. The van der Waals surface area contributed by atoms with Crippen LogP contribution in [0.4, 0.5) is 4.39 Å². The van der Waals surface area contributed by atoms with Gasteiger partial charge in [0.05, 0.1) is 19.3 Å². The molecule has 0 spiro atoms. The second-order valence-corrected chi connectivity index (χ2v) is 8.59. The Morgan fingerprint density at radius 1 is 1.03 bits per heavy atom. The average Bonchev–Trinajstić information content (AvgIpc) is 2.81. The summed E-state index contributed by atoms with van der Waals surface area (Å²) < 4.78 is 21.3. The summed E-state index contributed by atoms with van der Waals surface area (Å²) in [6.07, 6.45) is 0. The van der Waals surface area contributed by atoms with Gasteiger partial charge >= 0.3 is 5.69 Å². The molecule has 178 valence electrons. The number of nitrogens with zero attached hydrogens (tertiary/aromatic N) is 3. The van der Waals surface area contributed by atoms with Gasteiger partial charge in [0.1, 0.15) is 5.82 Å². The predicted molar refractivity (Wildman–Crippen MR) is 123 cm³/mol. The number of rotatable bonds is 7. The van der Waals surface area contributed by atoms with Crippen molar-refractivity contribution in [2.24, 2.45) is 0 Å². The van der Waals surface area contributed by atoms with Crippen molar-refractivity contribution >= 4 is 5.91 Å². The molecular weight excluding hydrogens is 441 g/mol. The second kappa shape index (κ2) is 9.64. The van der Waals surface area contributed by atoms with E-state index in [0.29, 0.717) is 12.2 Å². The highest BCUT2D eigenvalue weighted by molar-refractivity contribution is 5.95. The second-order valence-electron chi connectivity index (χ2n) is 8.59. The van der Waals surface area contributed by atoms with Gasteiger partial charge in [-0.25, -0.2) is 9.18 Å². The lowest BCUT2D eigenvalue weighted by atomic mass is 10.1. The van der Waals surface area contributed by atoms with Crippen LogP contribution >= 0.6 is 0 Å². The summed E-state index contributed by atoms with van der Waals surface area (Å²) in [5.41, 5.74) is -0.318. The monoisotopic (exact) mass is 467 g/mol. The summed E-state index contributed by atoms with van der Waals surface area (Å²) >= 11 is 0. The highest BCUT2D eigenvalue weighted by Gasteiger charge is 2.37. The van der Waals surface area contributed by atoms with E-state index in [-0.39, 0.29) is 25.4 Å². The molecule has 4 rings (SSSR count). The van der Waals surface area contributed by atoms with Crippen molar-refractivity contribution in [1.82, 2.24) is 14.0 Å². The molecule has 1 N–H and O–H groups in total. The van der Waals surface area contributed by atoms with Crippen molar-refractivity contribution in [1.29, 1.82) is 0 Å². The fourth-order valence-electron chi connectivity index (χ4n) is 4.16. The van der Waals surface area contributed by atoms with Crippen molar-refractivity contribution in [3.8, 4) is 5.75 Å². The molecule has 0 saturated heterocycles. The smallest absolute Gasteiger partial charge is 0.332 e. The number of hydrogen-bond donors (Lipinski definition) is 1. The number of ether oxygens (including phenoxy) is 1. The molecule has 3 aromatic rings. The molecule has 0 aliphatic carbocycles. The molecular formula is C25H26FN3O5. The first-order chi connectivity index (χ1) is 16.3. The van der Waals surface area contributed by atoms with E-state index in [0.717, 1.165) is 10.1 Å². The van der Waals surface area contributed by atoms with E-state index >= 15 is 0 Å². The minimum Gasteiger partial charge on any atom is -0.501 e. The molecule has 1 aliphatic heterocycles. The molecule has 1 aliphatic rings. The predicted octanol–water partition coefficient (Wildman–Crippen LogP) is 2.85. The number of carbonyl (C=O) groups is 1. The molecule has 1 amide bonds. The van der Waals surface area contributed by atoms with Gasteiger partial charge in [-0.15, -0.1) is 0 Å². The van der Waals surface area contributed by atoms with Crippen LogP contribution in [0.2, 0.25) is 0 Å². The summed E-state index contributed by atoms with van der Waals surface area (Å²) in [5, 5.41) is 10.7. The Morgan fingerprint density at radius 2 is 1.71 bits per heavy atom. The number of hydrogen-bond acceptors (Lipinski definition) is 5. The maximum Gasteiger partial charge on any atom is 0.332 e. The maximum atomic E-state index is 13.3. The third-order valence-electron chi connectivity index (χ3n) is 5.81. The number of fused-ring (bicyclic) bond motifs is 1. The van der Waals surface area contributed by atoms with Crippen LogP contribution in [-0.4, -0.2) is 38.2 Å². The van der Waals surface area contributed by atoms with E-state index in [2.05, 4.69) is 0 Å². The number of aromatic hydroxyl groups is 1. The molecule has 8 nitrogen and oxygen atoms in total. The molecule has 1 aromatic heterocycles. The van der Waals surface area contributed by atoms with Crippen molar-refractivity contribution in [2.45, 2.75) is 39.1 Å². The Bertz CT molecular complexity index is 1300. The zero-order chi connectivity index (χ0) is 24.4. The summed E-state index contributed by atoms with van der Waals surface area (Å²) in [7, 11) is 0. The van der Waals surface area contributed by atoms with Crippen LogP contribution in [0.1, 0.15) is 47.5 Å². The van der Waals surface area contributed by atoms with Crippen LogP contribution < -0.4 is 11.2 Å². The van der Waals surface area contributed by atoms with Crippen LogP contribution in [0.15, 0.2) is 64.2 Å². The zero-order valence-corrected chi connectivity index (χ0v) is 19.0. The average molecular weight is 467 g/mol. The van der Waals surface area contributed by atoms with Gasteiger partial charge in [-0.2, -0.15) is 0 Å². The molecule has 0 saturated carbocycles. The number of carbonyl (C=O) groups excluding carboxylic acids is 1. The first-order valence-corrected chi connectivity index (χ1v) is 11.0. The van der Waals surface area contributed by atoms with Gasteiger partial charge in [0.2, 0.25) is 5.75 Å². The molecule has 0 fully saturated rings. The van der Waals surface area contributed by atoms with Crippen LogP contribution in [0.25, 0.3) is 0 Å². The zero-order valence-electron chi connectivity index (χ0n) is 19.0. The van der Waals surface area contributed by atoms with Gasteiger partial charge in [0, 0.05) is 19.1 Å². The minimum absolute atomic E-state index is 0.0741. The lowest BCUT2D eigenvalue weighted by Crippen LogP contribution is -2.53. The van der Waals surface area contributed by atoms with Gasteiger partial charge in [0.15, 0.2) is 5.69 Å². The number of halogens is 1. The lowest BCUT2D eigenvalue weighted by Gasteiger charge is -2.36. The summed E-state index contributed by atoms with van der Waals surface area (Å²) in [4.78, 5) is 40.7. The Morgan fingerprint density at radius 3 is 2.35 bits per heavy atom. The number of amides is 1. The van der Waals surface area contributed by atoms with Crippen LogP contribution in [0.3, 0.4) is 0 Å². The highest BCUT2D eigenvalue weighted by atomic mass is 19.1. The van der Waals surface area contributed by atoms with Gasteiger partial charge in [-0.3, -0.25) is 18.7 Å². The van der Waals surface area contributed by atoms with E-state index in [4.69, 9.17) is 4.74 Å². The van der Waals surface area contributed by atoms with E-state index < -0.39 is 40.8 Å². The Hall–Kier alpha value is -3.72. The minimum atomic E-state index is -0.910. The van der Waals surface area contributed by atoms with Crippen LogP contribution in [0, 0.1) is 5.82 Å². The van der Waals surface area contributed by atoms with Gasteiger partial charge < -0.3 is 14.7 Å². The van der Waals surface area contributed by atoms with E-state index in [9.17, 15) is 23.9 Å². The largest absolute Gasteiger partial charge is 0.501 e. The Kier molecular flexibility index (Phi) is 6.65. The molecule has 2 heterocycles. The molecule has 0 radical (unpaired) electrons. The standard InChI is InChI=1S/C25H26FN3O5/c1-16(2)28-24(32)22(30)21-23(31)27(12-17-8-10-19(26)11-9-17)13-20(29(21)25(28)33)15-34-14-18-6-4-3-5-7-18/h3-11,16,20,30H,12-15H2,1-2H3. The summed E-state index contributed by atoms with van der Waals surface area (Å²) in [6, 6.07) is 14.0. The van der Waals surface area contributed by atoms with Gasteiger partial charge in [-0.05, 0) is 37.1 Å². The first kappa shape index (κ1) is 23.4. The van der Waals surface area contributed by atoms with Crippen molar-refractivity contribution in [2.75, 3.05) is 13.2 Å². The van der Waals surface area contributed by atoms with Crippen molar-refractivity contribution in [3.63, 3.8) is 0 Å². The Balaban J connectivity index is 1.72.